The molecular weight excluding hydrogens is 198 g/mol. The first-order chi connectivity index (χ1) is 6.79. The van der Waals surface area contributed by atoms with Crippen molar-refractivity contribution in [3.8, 4) is 11.5 Å². The van der Waals surface area contributed by atoms with Crippen LogP contribution in [0.1, 0.15) is 16.7 Å². The van der Waals surface area contributed by atoms with Crippen LogP contribution in [0, 0.1) is 25.3 Å². The molecule has 0 aliphatic heterocycles. The van der Waals surface area contributed by atoms with E-state index in [-0.39, 0.29) is 0 Å². The van der Waals surface area contributed by atoms with Gasteiger partial charge in [0.1, 0.15) is 8.07 Å². The molecule has 2 heteroatoms. The molecule has 0 unspecified atom stereocenters. The largest absolute Gasteiger partial charge is 0.399 e. The van der Waals surface area contributed by atoms with E-state index in [0.717, 1.165) is 16.8 Å². The van der Waals surface area contributed by atoms with E-state index in [1.165, 1.54) is 5.56 Å². The predicted molar refractivity (Wildman–Crippen MR) is 70.6 cm³/mol. The van der Waals surface area contributed by atoms with Crippen LogP contribution in [0.3, 0.4) is 0 Å². The normalized spacial score (nSPS) is 10.7. The molecule has 0 spiro atoms. The fourth-order valence-electron chi connectivity index (χ4n) is 1.23. The maximum Gasteiger partial charge on any atom is 0.129 e. The van der Waals surface area contributed by atoms with Crippen molar-refractivity contribution in [1.82, 2.24) is 0 Å². The summed E-state index contributed by atoms with van der Waals surface area (Å²) in [5, 5.41) is 0. The molecule has 0 aliphatic carbocycles. The first kappa shape index (κ1) is 11.9. The Balaban J connectivity index is 3.15. The van der Waals surface area contributed by atoms with Gasteiger partial charge < -0.3 is 5.73 Å². The number of aryl methyl sites for hydroxylation is 2. The third-order valence-corrected chi connectivity index (χ3v) is 3.06. The monoisotopic (exact) mass is 217 g/mol. The van der Waals surface area contributed by atoms with Crippen molar-refractivity contribution in [1.29, 1.82) is 0 Å². The lowest BCUT2D eigenvalue weighted by Gasteiger charge is -2.06. The van der Waals surface area contributed by atoms with Crippen molar-refractivity contribution in [3.05, 3.63) is 28.8 Å². The van der Waals surface area contributed by atoms with Gasteiger partial charge in [0.05, 0.1) is 0 Å². The highest BCUT2D eigenvalue weighted by Crippen LogP contribution is 2.17. The zero-order chi connectivity index (χ0) is 11.6. The van der Waals surface area contributed by atoms with Gasteiger partial charge in [-0.05, 0) is 37.1 Å². The van der Waals surface area contributed by atoms with E-state index >= 15 is 0 Å². The Morgan fingerprint density at radius 3 is 2.20 bits per heavy atom. The van der Waals surface area contributed by atoms with Crippen LogP contribution < -0.4 is 5.73 Å². The predicted octanol–water partition coefficient (Wildman–Crippen LogP) is 3.11. The summed E-state index contributed by atoms with van der Waals surface area (Å²) in [6.07, 6.45) is 0. The van der Waals surface area contributed by atoms with Crippen molar-refractivity contribution in [2.24, 2.45) is 0 Å². The lowest BCUT2D eigenvalue weighted by molar-refractivity contribution is 1.37. The fourth-order valence-corrected chi connectivity index (χ4v) is 1.74. The highest BCUT2D eigenvalue weighted by molar-refractivity contribution is 6.83. The zero-order valence-electron chi connectivity index (χ0n) is 10.2. The SMILES string of the molecule is Cc1cc(C#C[Si](C)(C)C)c(C)cc1N. The summed E-state index contributed by atoms with van der Waals surface area (Å²) in [4.78, 5) is 0. The lowest BCUT2D eigenvalue weighted by atomic mass is 10.0. The minimum Gasteiger partial charge on any atom is -0.399 e. The Labute approximate surface area is 93.7 Å². The molecule has 0 aliphatic rings. The van der Waals surface area contributed by atoms with Crippen LogP contribution >= 0.6 is 0 Å². The average molecular weight is 217 g/mol. The first-order valence-corrected chi connectivity index (χ1v) is 8.69. The van der Waals surface area contributed by atoms with Gasteiger partial charge in [0.2, 0.25) is 0 Å². The quantitative estimate of drug-likeness (QED) is 0.403. The number of rotatable bonds is 0. The van der Waals surface area contributed by atoms with Crippen LogP contribution in [0.25, 0.3) is 0 Å². The highest BCUT2D eigenvalue weighted by Gasteiger charge is 2.08. The van der Waals surface area contributed by atoms with Gasteiger partial charge in [0.25, 0.3) is 0 Å². The van der Waals surface area contributed by atoms with Crippen LogP contribution in [-0.4, -0.2) is 8.07 Å². The van der Waals surface area contributed by atoms with Gasteiger partial charge in [-0.15, -0.1) is 5.54 Å². The molecule has 15 heavy (non-hydrogen) atoms. The molecule has 80 valence electrons. The van der Waals surface area contributed by atoms with E-state index < -0.39 is 8.07 Å². The van der Waals surface area contributed by atoms with Gasteiger partial charge in [-0.3, -0.25) is 0 Å². The number of hydrogen-bond acceptors (Lipinski definition) is 1. The standard InChI is InChI=1S/C13H19NSi/c1-10-9-13(14)11(2)8-12(10)6-7-15(3,4)5/h8-9H,14H2,1-5H3. The number of nitrogen functional groups attached to an aromatic ring is 1. The van der Waals surface area contributed by atoms with E-state index in [9.17, 15) is 0 Å². The summed E-state index contributed by atoms with van der Waals surface area (Å²) in [5.41, 5.74) is 13.5. The third-order valence-electron chi connectivity index (χ3n) is 2.19. The smallest absolute Gasteiger partial charge is 0.129 e. The second kappa shape index (κ2) is 4.12. The first-order valence-electron chi connectivity index (χ1n) is 5.19. The van der Waals surface area contributed by atoms with Crippen molar-refractivity contribution >= 4 is 13.8 Å². The van der Waals surface area contributed by atoms with Gasteiger partial charge in [-0.1, -0.05) is 25.6 Å². The molecule has 2 N–H and O–H groups in total. The Kier molecular flexibility index (Phi) is 3.26. The van der Waals surface area contributed by atoms with E-state index in [2.05, 4.69) is 44.1 Å². The van der Waals surface area contributed by atoms with Gasteiger partial charge in [-0.25, -0.2) is 0 Å². The Morgan fingerprint density at radius 1 is 1.07 bits per heavy atom. The molecule has 0 saturated heterocycles. The van der Waals surface area contributed by atoms with Crippen LogP contribution in [0.2, 0.25) is 19.6 Å². The van der Waals surface area contributed by atoms with Crippen LogP contribution in [-0.2, 0) is 0 Å². The molecule has 0 fully saturated rings. The molecule has 1 nitrogen and oxygen atoms in total. The summed E-state index contributed by atoms with van der Waals surface area (Å²) in [6.45, 7) is 10.8. The fraction of sp³-hybridized carbons (Fsp3) is 0.385. The van der Waals surface area contributed by atoms with E-state index in [1.807, 2.05) is 13.0 Å². The Morgan fingerprint density at radius 2 is 1.67 bits per heavy atom. The second-order valence-electron chi connectivity index (χ2n) is 5.02. The topological polar surface area (TPSA) is 26.0 Å². The van der Waals surface area contributed by atoms with Crippen LogP contribution in [0.5, 0.6) is 0 Å². The summed E-state index contributed by atoms with van der Waals surface area (Å²) in [6, 6.07) is 4.08. The van der Waals surface area contributed by atoms with E-state index in [1.54, 1.807) is 0 Å². The maximum absolute atomic E-state index is 5.83. The van der Waals surface area contributed by atoms with Crippen molar-refractivity contribution < 1.29 is 0 Å². The summed E-state index contributed by atoms with van der Waals surface area (Å²) in [5.74, 6) is 3.28. The van der Waals surface area contributed by atoms with Crippen LogP contribution in [0.15, 0.2) is 12.1 Å². The molecule has 0 aromatic heterocycles. The summed E-state index contributed by atoms with van der Waals surface area (Å²) in [7, 11) is -1.29. The molecule has 1 aromatic carbocycles. The van der Waals surface area contributed by atoms with Crippen molar-refractivity contribution in [3.63, 3.8) is 0 Å². The zero-order valence-corrected chi connectivity index (χ0v) is 11.2. The van der Waals surface area contributed by atoms with Crippen LogP contribution in [0.4, 0.5) is 5.69 Å². The molecule has 0 amide bonds. The molecular formula is C13H19NSi. The third kappa shape index (κ3) is 3.45. The maximum atomic E-state index is 5.83. The number of benzene rings is 1. The molecule has 1 aromatic rings. The molecule has 0 atom stereocenters. The summed E-state index contributed by atoms with van der Waals surface area (Å²) < 4.78 is 0. The molecule has 0 bridgehead atoms. The Bertz CT molecular complexity index is 430. The Hall–Kier alpha value is -1.20. The van der Waals surface area contributed by atoms with E-state index in [0.29, 0.717) is 0 Å². The van der Waals surface area contributed by atoms with Gasteiger partial charge in [-0.2, -0.15) is 0 Å². The molecule has 0 saturated carbocycles. The minimum absolute atomic E-state index is 0.853. The molecule has 0 heterocycles. The highest BCUT2D eigenvalue weighted by atomic mass is 28.3. The lowest BCUT2D eigenvalue weighted by Crippen LogP contribution is -2.16. The minimum atomic E-state index is -1.29. The summed E-state index contributed by atoms with van der Waals surface area (Å²) >= 11 is 0. The molecule has 1 rings (SSSR count). The molecule has 0 radical (unpaired) electrons. The number of nitrogens with two attached hydrogens (primary N) is 1. The number of anilines is 1. The van der Waals surface area contributed by atoms with Crippen molar-refractivity contribution in [2.75, 3.05) is 5.73 Å². The second-order valence-corrected chi connectivity index (χ2v) is 9.77. The number of hydrogen-bond donors (Lipinski definition) is 1. The average Bonchev–Trinajstić information content (AvgIpc) is 2.07. The van der Waals surface area contributed by atoms with E-state index in [4.69, 9.17) is 5.73 Å². The van der Waals surface area contributed by atoms with Gasteiger partial charge >= 0.3 is 0 Å². The van der Waals surface area contributed by atoms with Gasteiger partial charge in [0.15, 0.2) is 0 Å². The van der Waals surface area contributed by atoms with Gasteiger partial charge in [0, 0.05) is 11.3 Å². The van der Waals surface area contributed by atoms with Crippen molar-refractivity contribution in [2.45, 2.75) is 33.5 Å².